The molecule has 3 aromatic rings. The number of hydrogen-bond donors (Lipinski definition) is 2. The highest BCUT2D eigenvalue weighted by Crippen LogP contribution is 2.18. The van der Waals surface area contributed by atoms with Crippen molar-refractivity contribution in [2.24, 2.45) is 0 Å². The number of ether oxygens (including phenoxy) is 1. The van der Waals surface area contributed by atoms with Gasteiger partial charge in [-0.05, 0) is 23.8 Å². The molecule has 0 bridgehead atoms. The third-order valence-electron chi connectivity index (χ3n) is 3.22. The van der Waals surface area contributed by atoms with Gasteiger partial charge in [0.25, 0.3) is 0 Å². The fraction of sp³-hybridized carbons (Fsp3) is 0.154. The quantitative estimate of drug-likeness (QED) is 0.643. The average molecular weight is 302 g/mol. The first-order valence-corrected chi connectivity index (χ1v) is 6.46. The number of hydrogen-bond acceptors (Lipinski definition) is 6. The van der Waals surface area contributed by atoms with E-state index in [4.69, 9.17) is 14.8 Å². The van der Waals surface area contributed by atoms with Crippen LogP contribution in [0.3, 0.4) is 0 Å². The van der Waals surface area contributed by atoms with Gasteiger partial charge in [-0.1, -0.05) is 11.3 Å². The van der Waals surface area contributed by atoms with Crippen LogP contribution >= 0.6 is 0 Å². The Morgan fingerprint density at radius 2 is 2.14 bits per heavy atom. The van der Waals surface area contributed by atoms with E-state index in [0.717, 1.165) is 0 Å². The average Bonchev–Trinajstić information content (AvgIpc) is 2.90. The van der Waals surface area contributed by atoms with E-state index in [2.05, 4.69) is 15.3 Å². The summed E-state index contributed by atoms with van der Waals surface area (Å²) in [6, 6.07) is 6.11. The lowest BCUT2D eigenvalue weighted by atomic mass is 9.82. The SMILES string of the molecule is COc1ccc(Cn2nnc3cc(B(O)O)cnc32)cc1F. The van der Waals surface area contributed by atoms with Crippen LogP contribution in [0.1, 0.15) is 5.56 Å². The predicted molar refractivity (Wildman–Crippen MR) is 77.2 cm³/mol. The minimum atomic E-state index is -1.61. The zero-order valence-electron chi connectivity index (χ0n) is 11.6. The van der Waals surface area contributed by atoms with E-state index in [9.17, 15) is 4.39 Å². The summed E-state index contributed by atoms with van der Waals surface area (Å²) in [6.07, 6.45) is 1.33. The standard InChI is InChI=1S/C13H12BFN4O3/c1-22-12-3-2-8(4-10(12)15)7-19-13-11(17-18-19)5-9(6-16-13)14(20)21/h2-6,20-21H,7H2,1H3. The van der Waals surface area contributed by atoms with Crippen LogP contribution in [-0.2, 0) is 6.54 Å². The Balaban J connectivity index is 1.92. The second-order valence-electron chi connectivity index (χ2n) is 4.70. The zero-order valence-corrected chi connectivity index (χ0v) is 11.6. The summed E-state index contributed by atoms with van der Waals surface area (Å²) < 4.78 is 20.1. The molecule has 0 fully saturated rings. The summed E-state index contributed by atoms with van der Waals surface area (Å²) in [5.41, 5.74) is 1.81. The molecule has 7 nitrogen and oxygen atoms in total. The van der Waals surface area contributed by atoms with Gasteiger partial charge in [0.05, 0.1) is 13.7 Å². The maximum Gasteiger partial charge on any atom is 0.490 e. The Kier molecular flexibility index (Phi) is 3.74. The molecule has 2 heterocycles. The number of halogens is 1. The van der Waals surface area contributed by atoms with Crippen LogP contribution in [-0.4, -0.2) is 44.3 Å². The Labute approximate surface area is 125 Å². The van der Waals surface area contributed by atoms with E-state index in [1.807, 2.05) is 0 Å². The van der Waals surface area contributed by atoms with E-state index < -0.39 is 12.9 Å². The van der Waals surface area contributed by atoms with Crippen LogP contribution in [0, 0.1) is 5.82 Å². The first kappa shape index (κ1) is 14.4. The van der Waals surface area contributed by atoms with Crippen molar-refractivity contribution in [1.82, 2.24) is 20.0 Å². The molecule has 9 heteroatoms. The van der Waals surface area contributed by atoms with Gasteiger partial charge in [-0.15, -0.1) is 5.10 Å². The molecule has 0 saturated carbocycles. The second-order valence-corrected chi connectivity index (χ2v) is 4.70. The Morgan fingerprint density at radius 3 is 2.82 bits per heavy atom. The zero-order chi connectivity index (χ0) is 15.7. The minimum Gasteiger partial charge on any atom is -0.494 e. The molecule has 0 unspecified atom stereocenters. The van der Waals surface area contributed by atoms with Crippen molar-refractivity contribution in [3.05, 3.63) is 41.8 Å². The molecule has 0 saturated heterocycles. The van der Waals surface area contributed by atoms with Crippen LogP contribution in [0.2, 0.25) is 0 Å². The molecule has 0 amide bonds. The smallest absolute Gasteiger partial charge is 0.490 e. The molecule has 0 radical (unpaired) electrons. The molecule has 0 spiro atoms. The summed E-state index contributed by atoms with van der Waals surface area (Å²) in [6.45, 7) is 0.283. The summed E-state index contributed by atoms with van der Waals surface area (Å²) in [5, 5.41) is 26.1. The van der Waals surface area contributed by atoms with Gasteiger partial charge >= 0.3 is 7.12 Å². The number of aromatic nitrogens is 4. The summed E-state index contributed by atoms with van der Waals surface area (Å²) >= 11 is 0. The van der Waals surface area contributed by atoms with Crippen molar-refractivity contribution in [1.29, 1.82) is 0 Å². The molecule has 2 N–H and O–H groups in total. The van der Waals surface area contributed by atoms with Crippen LogP contribution in [0.15, 0.2) is 30.5 Å². The Hall–Kier alpha value is -2.52. The van der Waals surface area contributed by atoms with Crippen molar-refractivity contribution in [2.75, 3.05) is 7.11 Å². The molecule has 3 rings (SSSR count). The van der Waals surface area contributed by atoms with Crippen molar-refractivity contribution >= 4 is 23.7 Å². The molecule has 0 aliphatic heterocycles. The minimum absolute atomic E-state index is 0.173. The number of pyridine rings is 1. The molecule has 2 aromatic heterocycles. The van der Waals surface area contributed by atoms with Gasteiger partial charge < -0.3 is 14.8 Å². The van der Waals surface area contributed by atoms with E-state index in [1.54, 1.807) is 6.07 Å². The lowest BCUT2D eigenvalue weighted by Gasteiger charge is -2.05. The highest BCUT2D eigenvalue weighted by Gasteiger charge is 2.15. The van der Waals surface area contributed by atoms with Crippen LogP contribution in [0.4, 0.5) is 4.39 Å². The largest absolute Gasteiger partial charge is 0.494 e. The molecule has 22 heavy (non-hydrogen) atoms. The van der Waals surface area contributed by atoms with Gasteiger partial charge in [-0.2, -0.15) is 0 Å². The van der Waals surface area contributed by atoms with Crippen molar-refractivity contribution in [2.45, 2.75) is 6.54 Å². The monoisotopic (exact) mass is 302 g/mol. The molecule has 1 aromatic carbocycles. The van der Waals surface area contributed by atoms with Gasteiger partial charge in [-0.25, -0.2) is 14.1 Å². The number of rotatable bonds is 4. The molecular formula is C13H12BFN4O3. The highest BCUT2D eigenvalue weighted by atomic mass is 19.1. The van der Waals surface area contributed by atoms with Crippen molar-refractivity contribution in [3.8, 4) is 5.75 Å². The number of benzene rings is 1. The third-order valence-corrected chi connectivity index (χ3v) is 3.22. The van der Waals surface area contributed by atoms with Crippen LogP contribution in [0.25, 0.3) is 11.2 Å². The normalized spacial score (nSPS) is 10.9. The molecule has 0 aliphatic carbocycles. The molecule has 0 atom stereocenters. The van der Waals surface area contributed by atoms with E-state index in [-0.39, 0.29) is 17.8 Å². The maximum absolute atomic E-state index is 13.7. The second kappa shape index (κ2) is 5.70. The molecule has 112 valence electrons. The summed E-state index contributed by atoms with van der Waals surface area (Å²) in [4.78, 5) is 4.11. The number of methoxy groups -OCH3 is 1. The molecule has 0 aliphatic rings. The first-order chi connectivity index (χ1) is 10.6. The van der Waals surface area contributed by atoms with Gasteiger partial charge in [-0.3, -0.25) is 0 Å². The topological polar surface area (TPSA) is 93.3 Å². The number of fused-ring (bicyclic) bond motifs is 1. The number of nitrogens with zero attached hydrogens (tertiary/aromatic N) is 4. The molecular weight excluding hydrogens is 290 g/mol. The van der Waals surface area contributed by atoms with Crippen LogP contribution in [0.5, 0.6) is 5.75 Å². The van der Waals surface area contributed by atoms with Gasteiger partial charge in [0, 0.05) is 11.7 Å². The lowest BCUT2D eigenvalue weighted by molar-refractivity contribution is 0.386. The highest BCUT2D eigenvalue weighted by molar-refractivity contribution is 6.58. The Bertz CT molecular complexity index is 824. The van der Waals surface area contributed by atoms with E-state index >= 15 is 0 Å². The first-order valence-electron chi connectivity index (χ1n) is 6.46. The van der Waals surface area contributed by atoms with Gasteiger partial charge in [0.15, 0.2) is 17.2 Å². The lowest BCUT2D eigenvalue weighted by Crippen LogP contribution is -2.30. The van der Waals surface area contributed by atoms with Crippen molar-refractivity contribution in [3.63, 3.8) is 0 Å². The fourth-order valence-corrected chi connectivity index (χ4v) is 2.11. The maximum atomic E-state index is 13.7. The fourth-order valence-electron chi connectivity index (χ4n) is 2.11. The van der Waals surface area contributed by atoms with E-state index in [0.29, 0.717) is 16.7 Å². The van der Waals surface area contributed by atoms with Crippen LogP contribution < -0.4 is 10.2 Å². The summed E-state index contributed by atoms with van der Waals surface area (Å²) in [7, 11) is -0.210. The van der Waals surface area contributed by atoms with Gasteiger partial charge in [0.1, 0.15) is 5.52 Å². The predicted octanol–water partition coefficient (Wildman–Crippen LogP) is -0.298. The third kappa shape index (κ3) is 2.63. The summed E-state index contributed by atoms with van der Waals surface area (Å²) in [5.74, 6) is -0.282. The van der Waals surface area contributed by atoms with Crippen molar-refractivity contribution < 1.29 is 19.2 Å². The Morgan fingerprint density at radius 1 is 1.32 bits per heavy atom. The van der Waals surface area contributed by atoms with E-state index in [1.165, 1.54) is 36.2 Å². The van der Waals surface area contributed by atoms with Gasteiger partial charge in [0.2, 0.25) is 0 Å².